The first kappa shape index (κ1) is 26.4. The number of imidazole rings is 1. The number of fused-ring (bicyclic) bond motifs is 1. The van der Waals surface area contributed by atoms with E-state index < -0.39 is 40.3 Å². The zero-order valence-electron chi connectivity index (χ0n) is 21.3. The number of para-hydroxylation sites is 1. The van der Waals surface area contributed by atoms with Crippen molar-refractivity contribution in [2.75, 3.05) is 23.3 Å². The zero-order chi connectivity index (χ0) is 28.2. The Balaban J connectivity index is 1.62. The number of carbonyl (C=O) groups is 1. The van der Waals surface area contributed by atoms with E-state index in [1.807, 2.05) is 4.90 Å². The van der Waals surface area contributed by atoms with Crippen molar-refractivity contribution in [1.29, 1.82) is 0 Å². The van der Waals surface area contributed by atoms with Gasteiger partial charge in [-0.2, -0.15) is 9.78 Å². The molecule has 3 N–H and O–H groups in total. The number of nitrogens with zero attached hydrogens (tertiary/aromatic N) is 5. The highest BCUT2D eigenvalue weighted by atomic mass is 19.1. The maximum absolute atomic E-state index is 15.4. The number of amides is 1. The van der Waals surface area contributed by atoms with Gasteiger partial charge in [-0.15, -0.1) is 0 Å². The number of anilines is 2. The van der Waals surface area contributed by atoms with E-state index in [0.29, 0.717) is 29.9 Å². The summed E-state index contributed by atoms with van der Waals surface area (Å²) in [6.45, 7) is 3.47. The Morgan fingerprint density at radius 1 is 1.10 bits per heavy atom. The van der Waals surface area contributed by atoms with Crippen molar-refractivity contribution in [1.82, 2.24) is 19.3 Å². The summed E-state index contributed by atoms with van der Waals surface area (Å²) in [7, 11) is 1.50. The summed E-state index contributed by atoms with van der Waals surface area (Å²) >= 11 is 0. The third-order valence-corrected chi connectivity index (χ3v) is 6.57. The summed E-state index contributed by atoms with van der Waals surface area (Å²) in [5.74, 6) is -3.76. The number of hydrogen-bond donors (Lipinski definition) is 2. The summed E-state index contributed by atoms with van der Waals surface area (Å²) in [5, 5.41) is 6.43. The minimum absolute atomic E-state index is 0.00900. The summed E-state index contributed by atoms with van der Waals surface area (Å²) in [6, 6.07) is 5.94. The summed E-state index contributed by atoms with van der Waals surface area (Å²) in [6.07, 6.45) is 0.626. The van der Waals surface area contributed by atoms with Gasteiger partial charge in [-0.05, 0) is 38.5 Å². The lowest BCUT2D eigenvalue weighted by Gasteiger charge is -2.23. The van der Waals surface area contributed by atoms with Gasteiger partial charge in [-0.25, -0.2) is 22.5 Å². The molecule has 1 saturated heterocycles. The zero-order valence-corrected chi connectivity index (χ0v) is 21.3. The number of nitrogens with one attached hydrogen (secondary N) is 1. The average molecular weight is 544 g/mol. The van der Waals surface area contributed by atoms with Gasteiger partial charge >= 0.3 is 0 Å². The molecular weight excluding hydrogens is 518 g/mol. The van der Waals surface area contributed by atoms with Gasteiger partial charge in [0.2, 0.25) is 0 Å². The minimum atomic E-state index is -1.89. The SMILES string of the molecule is Cn1c(C(C)(C)F)nc2c(N3CC[C@@H](N)C3)c(NC(=O)c3ccc(=O)n(-c4c(F)cccc4F)n3)cc(F)c21. The van der Waals surface area contributed by atoms with Crippen molar-refractivity contribution in [3.63, 3.8) is 0 Å². The van der Waals surface area contributed by atoms with E-state index in [9.17, 15) is 22.8 Å². The maximum atomic E-state index is 15.4. The van der Waals surface area contributed by atoms with Crippen LogP contribution in [-0.2, 0) is 12.7 Å². The molecule has 204 valence electrons. The van der Waals surface area contributed by atoms with Gasteiger partial charge in [0.15, 0.2) is 23.1 Å². The van der Waals surface area contributed by atoms with Gasteiger partial charge in [0.25, 0.3) is 11.5 Å². The van der Waals surface area contributed by atoms with Crippen molar-refractivity contribution in [3.05, 3.63) is 75.7 Å². The molecule has 0 bridgehead atoms. The molecule has 0 aliphatic carbocycles. The fraction of sp³-hybridized carbons (Fsp3) is 0.308. The van der Waals surface area contributed by atoms with Gasteiger partial charge in [0.1, 0.15) is 28.2 Å². The Kier molecular flexibility index (Phi) is 6.41. The van der Waals surface area contributed by atoms with Gasteiger partial charge in [0, 0.05) is 38.3 Å². The third-order valence-electron chi connectivity index (χ3n) is 6.57. The van der Waals surface area contributed by atoms with Gasteiger partial charge < -0.3 is 20.5 Å². The molecule has 2 aromatic heterocycles. The van der Waals surface area contributed by atoms with Crippen LogP contribution in [0.2, 0.25) is 0 Å². The molecule has 3 heterocycles. The highest BCUT2D eigenvalue weighted by Gasteiger charge is 2.32. The molecule has 1 atom stereocenters. The quantitative estimate of drug-likeness (QED) is 0.373. The van der Waals surface area contributed by atoms with Crippen LogP contribution in [0.15, 0.2) is 41.2 Å². The first-order valence-corrected chi connectivity index (χ1v) is 12.1. The molecule has 0 spiro atoms. The molecule has 1 aliphatic heterocycles. The molecule has 0 unspecified atom stereocenters. The molecule has 1 amide bonds. The molecule has 0 radical (unpaired) electrons. The Hall–Kier alpha value is -4.26. The monoisotopic (exact) mass is 543 g/mol. The number of alkyl halides is 1. The first-order chi connectivity index (χ1) is 18.4. The second-order valence-electron chi connectivity index (χ2n) is 9.91. The molecule has 5 rings (SSSR count). The summed E-state index contributed by atoms with van der Waals surface area (Å²) < 4.78 is 60.8. The van der Waals surface area contributed by atoms with Crippen LogP contribution in [0.3, 0.4) is 0 Å². The van der Waals surface area contributed by atoms with E-state index in [-0.39, 0.29) is 34.3 Å². The predicted molar refractivity (Wildman–Crippen MR) is 137 cm³/mol. The predicted octanol–water partition coefficient (Wildman–Crippen LogP) is 3.53. The topological polar surface area (TPSA) is 111 Å². The number of nitrogens with two attached hydrogens (primary N) is 1. The fourth-order valence-electron chi connectivity index (χ4n) is 4.84. The number of hydrogen-bond acceptors (Lipinski definition) is 6. The second kappa shape index (κ2) is 9.49. The van der Waals surface area contributed by atoms with Gasteiger partial charge in [0.05, 0.1) is 11.4 Å². The average Bonchev–Trinajstić information content (AvgIpc) is 3.43. The molecule has 0 saturated carbocycles. The largest absolute Gasteiger partial charge is 0.366 e. The summed E-state index contributed by atoms with van der Waals surface area (Å²) in [5.41, 5.74) is 2.76. The van der Waals surface area contributed by atoms with Crippen LogP contribution in [0.5, 0.6) is 0 Å². The molecule has 39 heavy (non-hydrogen) atoms. The van der Waals surface area contributed by atoms with Crippen molar-refractivity contribution < 1.29 is 22.4 Å². The van der Waals surface area contributed by atoms with Crippen LogP contribution in [-0.4, -0.2) is 44.4 Å². The highest BCUT2D eigenvalue weighted by molar-refractivity contribution is 6.08. The Bertz CT molecular complexity index is 1660. The maximum Gasteiger partial charge on any atom is 0.276 e. The van der Waals surface area contributed by atoms with Crippen LogP contribution >= 0.6 is 0 Å². The Morgan fingerprint density at radius 3 is 2.41 bits per heavy atom. The Morgan fingerprint density at radius 2 is 1.79 bits per heavy atom. The summed E-state index contributed by atoms with van der Waals surface area (Å²) in [4.78, 5) is 31.8. The molecule has 1 fully saturated rings. The lowest BCUT2D eigenvalue weighted by molar-refractivity contribution is 0.102. The van der Waals surface area contributed by atoms with Crippen LogP contribution in [0.1, 0.15) is 36.6 Å². The number of benzene rings is 2. The lowest BCUT2D eigenvalue weighted by atomic mass is 10.1. The third kappa shape index (κ3) is 4.62. The smallest absolute Gasteiger partial charge is 0.276 e. The van der Waals surface area contributed by atoms with E-state index in [4.69, 9.17) is 5.73 Å². The van der Waals surface area contributed by atoms with Gasteiger partial charge in [-0.3, -0.25) is 9.59 Å². The van der Waals surface area contributed by atoms with E-state index >= 15 is 4.39 Å². The molecule has 4 aromatic rings. The number of halogens is 4. The molecular formula is C26H25F4N7O2. The van der Waals surface area contributed by atoms with E-state index in [2.05, 4.69) is 15.4 Å². The molecule has 9 nitrogen and oxygen atoms in total. The number of aromatic nitrogens is 4. The van der Waals surface area contributed by atoms with Crippen molar-refractivity contribution in [2.45, 2.75) is 32.0 Å². The normalized spacial score (nSPS) is 15.8. The molecule has 2 aromatic carbocycles. The van der Waals surface area contributed by atoms with Gasteiger partial charge in [-0.1, -0.05) is 6.07 Å². The van der Waals surface area contributed by atoms with Crippen molar-refractivity contribution in [3.8, 4) is 5.69 Å². The highest BCUT2D eigenvalue weighted by Crippen LogP contribution is 2.40. The number of rotatable bonds is 5. The molecule has 13 heteroatoms. The van der Waals surface area contributed by atoms with Crippen LogP contribution in [0.4, 0.5) is 28.9 Å². The number of aryl methyl sites for hydroxylation is 1. The fourth-order valence-corrected chi connectivity index (χ4v) is 4.84. The van der Waals surface area contributed by atoms with E-state index in [1.54, 1.807) is 0 Å². The number of carbonyl (C=O) groups excluding carboxylic acids is 1. The van der Waals surface area contributed by atoms with Crippen LogP contribution in [0, 0.1) is 17.5 Å². The Labute approximate surface area is 219 Å². The van der Waals surface area contributed by atoms with E-state index in [1.165, 1.54) is 25.5 Å². The lowest BCUT2D eigenvalue weighted by Crippen LogP contribution is -2.28. The first-order valence-electron chi connectivity index (χ1n) is 12.1. The standard InChI is InChI=1S/C26H25F4N7O2/c1-26(2,30)25-33-20-22(35(25)3)16(29)11-18(23(20)36-10-9-13(31)12-36)32-24(39)17-7-8-19(38)37(34-17)21-14(27)5-4-6-15(21)28/h4-8,11,13H,9-10,12,31H2,1-3H3,(H,32,39)/t13-/m1/s1. The van der Waals surface area contributed by atoms with Crippen LogP contribution < -0.4 is 21.5 Å². The second-order valence-corrected chi connectivity index (χ2v) is 9.91. The van der Waals surface area contributed by atoms with Crippen molar-refractivity contribution in [2.24, 2.45) is 12.8 Å². The molecule has 1 aliphatic rings. The minimum Gasteiger partial charge on any atom is -0.366 e. The van der Waals surface area contributed by atoms with Crippen LogP contribution in [0.25, 0.3) is 16.7 Å². The van der Waals surface area contributed by atoms with Crippen molar-refractivity contribution >= 4 is 28.3 Å². The van der Waals surface area contributed by atoms with E-state index in [0.717, 1.165) is 36.4 Å².